The molecule has 0 aromatic heterocycles. The molecular formula is C10H9Br2FN2S. The number of thiocarbonyl (C=S) groups is 1. The van der Waals surface area contributed by atoms with Gasteiger partial charge in [0.1, 0.15) is 5.82 Å². The Labute approximate surface area is 116 Å². The van der Waals surface area contributed by atoms with Crippen LogP contribution in [0.3, 0.4) is 0 Å². The normalized spacial score (nSPS) is 9.69. The topological polar surface area (TPSA) is 24.1 Å². The van der Waals surface area contributed by atoms with Gasteiger partial charge in [-0.25, -0.2) is 4.39 Å². The molecule has 0 saturated heterocycles. The van der Waals surface area contributed by atoms with E-state index in [-0.39, 0.29) is 5.82 Å². The molecule has 0 aliphatic carbocycles. The van der Waals surface area contributed by atoms with Crippen molar-refractivity contribution in [2.45, 2.75) is 0 Å². The van der Waals surface area contributed by atoms with E-state index >= 15 is 0 Å². The van der Waals surface area contributed by atoms with E-state index in [2.05, 4.69) is 49.1 Å². The molecule has 0 amide bonds. The van der Waals surface area contributed by atoms with Gasteiger partial charge in [-0.1, -0.05) is 22.0 Å². The minimum absolute atomic E-state index is 0.310. The van der Waals surface area contributed by atoms with Crippen LogP contribution in [0.4, 0.5) is 10.1 Å². The summed E-state index contributed by atoms with van der Waals surface area (Å²) in [6, 6.07) is 3.10. The maximum absolute atomic E-state index is 13.6. The third-order valence-electron chi connectivity index (χ3n) is 1.65. The summed E-state index contributed by atoms with van der Waals surface area (Å²) in [5.41, 5.74) is 0.310. The van der Waals surface area contributed by atoms with E-state index in [4.69, 9.17) is 12.2 Å². The predicted octanol–water partition coefficient (Wildman–Crippen LogP) is 3.82. The smallest absolute Gasteiger partial charge is 0.171 e. The molecule has 0 aliphatic heterocycles. The highest BCUT2D eigenvalue weighted by atomic mass is 79.9. The summed E-state index contributed by atoms with van der Waals surface area (Å²) < 4.78 is 14.8. The molecule has 86 valence electrons. The van der Waals surface area contributed by atoms with Gasteiger partial charge in [0.15, 0.2) is 5.11 Å². The molecule has 0 atom stereocenters. The predicted molar refractivity (Wildman–Crippen MR) is 76.2 cm³/mol. The fourth-order valence-electron chi connectivity index (χ4n) is 0.984. The lowest BCUT2D eigenvalue weighted by Crippen LogP contribution is -2.28. The second-order valence-corrected chi connectivity index (χ2v) is 5.05. The Morgan fingerprint density at radius 1 is 1.50 bits per heavy atom. The highest BCUT2D eigenvalue weighted by molar-refractivity contribution is 9.11. The Bertz CT molecular complexity index is 400. The summed E-state index contributed by atoms with van der Waals surface area (Å²) in [5.74, 6) is -0.385. The standard InChI is InChI=1S/C10H9Br2FN2S/c1-2-3-14-10(16)15-9-7(12)4-6(11)5-8(9)13/h2,4-5H,1,3H2,(H2,14,15,16). The van der Waals surface area contributed by atoms with Crippen LogP contribution in [0.25, 0.3) is 0 Å². The average molecular weight is 368 g/mol. The Kier molecular flexibility index (Phi) is 5.37. The zero-order chi connectivity index (χ0) is 12.1. The van der Waals surface area contributed by atoms with E-state index in [1.54, 1.807) is 12.1 Å². The lowest BCUT2D eigenvalue weighted by molar-refractivity contribution is 0.630. The summed E-state index contributed by atoms with van der Waals surface area (Å²) >= 11 is 11.4. The first-order chi connectivity index (χ1) is 7.54. The van der Waals surface area contributed by atoms with Crippen LogP contribution in [0.15, 0.2) is 33.7 Å². The van der Waals surface area contributed by atoms with Crippen molar-refractivity contribution >= 4 is 54.9 Å². The molecule has 0 aliphatic rings. The van der Waals surface area contributed by atoms with Crippen molar-refractivity contribution in [2.24, 2.45) is 0 Å². The molecule has 0 bridgehead atoms. The Morgan fingerprint density at radius 3 is 2.75 bits per heavy atom. The monoisotopic (exact) mass is 366 g/mol. The lowest BCUT2D eigenvalue weighted by atomic mass is 10.3. The van der Waals surface area contributed by atoms with Gasteiger partial charge in [-0.15, -0.1) is 6.58 Å². The van der Waals surface area contributed by atoms with Gasteiger partial charge >= 0.3 is 0 Å². The molecule has 1 aromatic rings. The molecule has 0 heterocycles. The van der Waals surface area contributed by atoms with Gasteiger partial charge in [-0.2, -0.15) is 0 Å². The number of nitrogens with one attached hydrogen (secondary N) is 2. The molecule has 16 heavy (non-hydrogen) atoms. The van der Waals surface area contributed by atoms with Gasteiger partial charge in [-0.05, 0) is 40.3 Å². The van der Waals surface area contributed by atoms with Crippen molar-refractivity contribution in [1.82, 2.24) is 5.32 Å². The fraction of sp³-hybridized carbons (Fsp3) is 0.100. The highest BCUT2D eigenvalue weighted by Gasteiger charge is 2.09. The highest BCUT2D eigenvalue weighted by Crippen LogP contribution is 2.29. The number of hydrogen-bond acceptors (Lipinski definition) is 1. The zero-order valence-electron chi connectivity index (χ0n) is 8.19. The molecule has 0 fully saturated rings. The second kappa shape index (κ2) is 6.32. The molecule has 0 unspecified atom stereocenters. The van der Waals surface area contributed by atoms with Crippen molar-refractivity contribution in [3.05, 3.63) is 39.6 Å². The molecule has 1 rings (SSSR count). The maximum atomic E-state index is 13.6. The van der Waals surface area contributed by atoms with Crippen LogP contribution in [-0.4, -0.2) is 11.7 Å². The van der Waals surface area contributed by atoms with E-state index in [1.165, 1.54) is 6.07 Å². The van der Waals surface area contributed by atoms with Gasteiger partial charge in [0.2, 0.25) is 0 Å². The molecule has 0 spiro atoms. The van der Waals surface area contributed by atoms with E-state index in [0.717, 1.165) is 0 Å². The van der Waals surface area contributed by atoms with Gasteiger partial charge in [-0.3, -0.25) is 0 Å². The third kappa shape index (κ3) is 3.84. The van der Waals surface area contributed by atoms with Crippen molar-refractivity contribution < 1.29 is 4.39 Å². The van der Waals surface area contributed by atoms with Gasteiger partial charge in [0.05, 0.1) is 5.69 Å². The van der Waals surface area contributed by atoms with Crippen LogP contribution in [0.1, 0.15) is 0 Å². The van der Waals surface area contributed by atoms with Crippen LogP contribution in [0.2, 0.25) is 0 Å². The second-order valence-electron chi connectivity index (χ2n) is 2.87. The zero-order valence-corrected chi connectivity index (χ0v) is 12.2. The van der Waals surface area contributed by atoms with Crippen LogP contribution in [0, 0.1) is 5.82 Å². The molecular weight excluding hydrogens is 359 g/mol. The van der Waals surface area contributed by atoms with Crippen LogP contribution in [0.5, 0.6) is 0 Å². The SMILES string of the molecule is C=CCNC(=S)Nc1c(F)cc(Br)cc1Br. The minimum atomic E-state index is -0.385. The summed E-state index contributed by atoms with van der Waals surface area (Å²) in [6.45, 7) is 4.08. The molecule has 2 nitrogen and oxygen atoms in total. The molecule has 0 radical (unpaired) electrons. The van der Waals surface area contributed by atoms with Crippen molar-refractivity contribution in [3.63, 3.8) is 0 Å². The molecule has 6 heteroatoms. The van der Waals surface area contributed by atoms with Crippen molar-refractivity contribution in [1.29, 1.82) is 0 Å². The Morgan fingerprint density at radius 2 is 2.19 bits per heavy atom. The fourth-order valence-corrected chi connectivity index (χ4v) is 2.44. The number of halogens is 3. The van der Waals surface area contributed by atoms with E-state index in [9.17, 15) is 4.39 Å². The van der Waals surface area contributed by atoms with Crippen LogP contribution < -0.4 is 10.6 Å². The number of rotatable bonds is 3. The van der Waals surface area contributed by atoms with Crippen LogP contribution >= 0.6 is 44.1 Å². The quantitative estimate of drug-likeness (QED) is 0.627. The van der Waals surface area contributed by atoms with Crippen LogP contribution in [-0.2, 0) is 0 Å². The summed E-state index contributed by atoms with van der Waals surface area (Å²) in [7, 11) is 0. The first-order valence-electron chi connectivity index (χ1n) is 4.35. The maximum Gasteiger partial charge on any atom is 0.171 e. The van der Waals surface area contributed by atoms with E-state index in [1.807, 2.05) is 0 Å². The summed E-state index contributed by atoms with van der Waals surface area (Å²) in [5, 5.41) is 5.97. The van der Waals surface area contributed by atoms with E-state index < -0.39 is 0 Å². The largest absolute Gasteiger partial charge is 0.359 e. The van der Waals surface area contributed by atoms with Gasteiger partial charge < -0.3 is 10.6 Å². The Balaban J connectivity index is 2.81. The average Bonchev–Trinajstić information content (AvgIpc) is 2.20. The third-order valence-corrected chi connectivity index (χ3v) is 2.98. The molecule has 2 N–H and O–H groups in total. The lowest BCUT2D eigenvalue weighted by Gasteiger charge is -2.11. The van der Waals surface area contributed by atoms with Crippen molar-refractivity contribution in [2.75, 3.05) is 11.9 Å². The van der Waals surface area contributed by atoms with Crippen molar-refractivity contribution in [3.8, 4) is 0 Å². The minimum Gasteiger partial charge on any atom is -0.359 e. The van der Waals surface area contributed by atoms with Gasteiger partial charge in [0.25, 0.3) is 0 Å². The molecule has 0 saturated carbocycles. The summed E-state index contributed by atoms with van der Waals surface area (Å²) in [4.78, 5) is 0. The number of anilines is 1. The summed E-state index contributed by atoms with van der Waals surface area (Å²) in [6.07, 6.45) is 1.67. The number of benzene rings is 1. The Hall–Kier alpha value is -0.460. The first kappa shape index (κ1) is 13.6. The first-order valence-corrected chi connectivity index (χ1v) is 6.34. The van der Waals surface area contributed by atoms with E-state index in [0.29, 0.717) is 26.3 Å². The molecule has 1 aromatic carbocycles. The van der Waals surface area contributed by atoms with Gasteiger partial charge in [0, 0.05) is 15.5 Å². The number of hydrogen-bond donors (Lipinski definition) is 2.